The fourth-order valence-corrected chi connectivity index (χ4v) is 3.48. The van der Waals surface area contributed by atoms with Crippen molar-refractivity contribution >= 4 is 17.8 Å². The van der Waals surface area contributed by atoms with Crippen LogP contribution in [0.1, 0.15) is 54.4 Å². The van der Waals surface area contributed by atoms with Gasteiger partial charge in [0, 0.05) is 0 Å². The van der Waals surface area contributed by atoms with Gasteiger partial charge in [-0.25, -0.2) is 4.79 Å². The predicted octanol–water partition coefficient (Wildman–Crippen LogP) is 2.77. The molecule has 2 atom stereocenters. The van der Waals surface area contributed by atoms with E-state index in [2.05, 4.69) is 16.7 Å². The summed E-state index contributed by atoms with van der Waals surface area (Å²) in [6.45, 7) is 3.18. The number of benzene rings is 1. The smallest absolute Gasteiger partial charge is 0.329 e. The normalized spacial score (nSPS) is 16.6. The molecule has 154 valence electrons. The maximum absolute atomic E-state index is 12.4. The molecule has 2 N–H and O–H groups in total. The summed E-state index contributed by atoms with van der Waals surface area (Å²) in [6.07, 6.45) is 4.23. The topological polar surface area (TPSA) is 97.6 Å². The van der Waals surface area contributed by atoms with E-state index in [9.17, 15) is 14.4 Å². The van der Waals surface area contributed by atoms with E-state index in [1.54, 1.807) is 19.9 Å². The van der Waals surface area contributed by atoms with Gasteiger partial charge in [0.15, 0.2) is 12.4 Å². The number of esters is 1. The number of aryl methyl sites for hydroxylation is 1. The molecular weight excluding hydrogens is 372 g/mol. The largest absolute Gasteiger partial charge is 0.459 e. The second-order valence-corrected chi connectivity index (χ2v) is 7.49. The van der Waals surface area contributed by atoms with Crippen LogP contribution < -0.4 is 10.6 Å². The lowest BCUT2D eigenvalue weighted by Gasteiger charge is -2.26. The predicted molar refractivity (Wildman–Crippen MR) is 106 cm³/mol. The number of carbonyl (C=O) groups excluding carboxylic acids is 3. The lowest BCUT2D eigenvalue weighted by molar-refractivity contribution is -0.151. The number of furan rings is 1. The Morgan fingerprint density at radius 3 is 2.69 bits per heavy atom. The molecule has 0 aliphatic heterocycles. The zero-order valence-corrected chi connectivity index (χ0v) is 16.6. The number of hydrogen-bond donors (Lipinski definition) is 2. The summed E-state index contributed by atoms with van der Waals surface area (Å²) in [7, 11) is 0. The summed E-state index contributed by atoms with van der Waals surface area (Å²) < 4.78 is 10.2. The molecule has 1 aromatic carbocycles. The molecule has 29 heavy (non-hydrogen) atoms. The van der Waals surface area contributed by atoms with Crippen molar-refractivity contribution in [2.24, 2.45) is 5.92 Å². The van der Waals surface area contributed by atoms with Crippen molar-refractivity contribution in [2.75, 3.05) is 6.61 Å². The molecule has 1 heterocycles. The van der Waals surface area contributed by atoms with Crippen molar-refractivity contribution in [1.29, 1.82) is 0 Å². The first-order valence-corrected chi connectivity index (χ1v) is 9.84. The van der Waals surface area contributed by atoms with E-state index in [1.165, 1.54) is 17.9 Å². The Hall–Kier alpha value is -3.09. The molecule has 2 aromatic rings. The minimum atomic E-state index is -0.879. The second kappa shape index (κ2) is 9.41. The van der Waals surface area contributed by atoms with E-state index in [0.29, 0.717) is 0 Å². The fraction of sp³-hybridized carbons (Fsp3) is 0.409. The molecule has 0 fully saturated rings. The highest BCUT2D eigenvalue weighted by Crippen LogP contribution is 2.29. The van der Waals surface area contributed by atoms with E-state index in [4.69, 9.17) is 9.15 Å². The van der Waals surface area contributed by atoms with Crippen molar-refractivity contribution < 1.29 is 23.5 Å². The van der Waals surface area contributed by atoms with Crippen molar-refractivity contribution in [1.82, 2.24) is 10.6 Å². The molecule has 1 aromatic heterocycles. The van der Waals surface area contributed by atoms with Crippen LogP contribution in [0.5, 0.6) is 0 Å². The molecule has 0 saturated carbocycles. The van der Waals surface area contributed by atoms with Gasteiger partial charge in [-0.3, -0.25) is 9.59 Å². The average Bonchev–Trinajstić information content (AvgIpc) is 3.25. The first-order valence-electron chi connectivity index (χ1n) is 9.84. The maximum atomic E-state index is 12.4. The number of carbonyl (C=O) groups is 3. The van der Waals surface area contributed by atoms with Crippen LogP contribution in [-0.4, -0.2) is 30.4 Å². The van der Waals surface area contributed by atoms with Crippen LogP contribution in [0, 0.1) is 5.92 Å². The van der Waals surface area contributed by atoms with Gasteiger partial charge in [-0.15, -0.1) is 0 Å². The molecule has 0 spiro atoms. The van der Waals surface area contributed by atoms with E-state index in [-0.39, 0.29) is 23.6 Å². The summed E-state index contributed by atoms with van der Waals surface area (Å²) in [5.74, 6) is -1.63. The standard InChI is InChI=1S/C22H26N2O5/c1-14(2)20(24-21(26)18-11-6-12-28-18)22(27)29-13-19(25)23-17-10-5-8-15-7-3-4-9-16(15)17/h3-4,6-7,9,11-12,14,17,20H,5,8,10,13H2,1-2H3,(H,23,25)(H,24,26)/t17?,20-/m0/s1. The maximum Gasteiger partial charge on any atom is 0.329 e. The van der Waals surface area contributed by atoms with Crippen molar-refractivity contribution in [2.45, 2.75) is 45.2 Å². The Bertz CT molecular complexity index is 860. The van der Waals surface area contributed by atoms with Crippen molar-refractivity contribution in [3.8, 4) is 0 Å². The molecular formula is C22H26N2O5. The summed E-state index contributed by atoms with van der Waals surface area (Å²) in [5, 5.41) is 5.54. The van der Waals surface area contributed by atoms with Gasteiger partial charge in [-0.1, -0.05) is 38.1 Å². The molecule has 1 unspecified atom stereocenters. The molecule has 2 amide bonds. The molecule has 0 bridgehead atoms. The third-order valence-corrected chi connectivity index (χ3v) is 5.00. The Kier molecular flexibility index (Phi) is 6.69. The zero-order valence-electron chi connectivity index (χ0n) is 16.6. The van der Waals surface area contributed by atoms with Crippen molar-refractivity contribution in [3.63, 3.8) is 0 Å². The SMILES string of the molecule is CC(C)[C@H](NC(=O)c1ccco1)C(=O)OCC(=O)NC1CCCc2ccccc21. The van der Waals surface area contributed by atoms with Crippen LogP contribution in [-0.2, 0) is 20.7 Å². The summed E-state index contributed by atoms with van der Waals surface area (Å²) in [6, 6.07) is 10.2. The molecule has 0 radical (unpaired) electrons. The van der Waals surface area contributed by atoms with Crippen LogP contribution in [0.4, 0.5) is 0 Å². The van der Waals surface area contributed by atoms with Gasteiger partial charge in [-0.05, 0) is 48.4 Å². The Morgan fingerprint density at radius 2 is 1.97 bits per heavy atom. The van der Waals surface area contributed by atoms with Gasteiger partial charge >= 0.3 is 5.97 Å². The second-order valence-electron chi connectivity index (χ2n) is 7.49. The highest BCUT2D eigenvalue weighted by atomic mass is 16.5. The zero-order chi connectivity index (χ0) is 20.8. The van der Waals surface area contributed by atoms with E-state index >= 15 is 0 Å². The number of rotatable bonds is 7. The minimum absolute atomic E-state index is 0.0781. The van der Waals surface area contributed by atoms with Gasteiger partial charge in [0.05, 0.1) is 12.3 Å². The molecule has 0 saturated heterocycles. The van der Waals surface area contributed by atoms with E-state index < -0.39 is 24.5 Å². The van der Waals surface area contributed by atoms with Gasteiger partial charge < -0.3 is 19.8 Å². The quantitative estimate of drug-likeness (QED) is 0.699. The monoisotopic (exact) mass is 398 g/mol. The minimum Gasteiger partial charge on any atom is -0.459 e. The Labute approximate surface area is 169 Å². The Balaban J connectivity index is 1.53. The number of hydrogen-bond acceptors (Lipinski definition) is 5. The lowest BCUT2D eigenvalue weighted by Crippen LogP contribution is -2.46. The lowest BCUT2D eigenvalue weighted by atomic mass is 9.88. The molecule has 3 rings (SSSR count). The van der Waals surface area contributed by atoms with Crippen LogP contribution >= 0.6 is 0 Å². The number of amides is 2. The van der Waals surface area contributed by atoms with Crippen LogP contribution in [0.3, 0.4) is 0 Å². The van der Waals surface area contributed by atoms with Gasteiger partial charge in [-0.2, -0.15) is 0 Å². The molecule has 7 heteroatoms. The highest BCUT2D eigenvalue weighted by Gasteiger charge is 2.28. The number of ether oxygens (including phenoxy) is 1. The average molecular weight is 398 g/mol. The van der Waals surface area contributed by atoms with E-state index in [1.807, 2.05) is 18.2 Å². The van der Waals surface area contributed by atoms with E-state index in [0.717, 1.165) is 24.8 Å². The Morgan fingerprint density at radius 1 is 1.17 bits per heavy atom. The van der Waals surface area contributed by atoms with Crippen LogP contribution in [0.15, 0.2) is 47.1 Å². The number of fused-ring (bicyclic) bond motifs is 1. The number of nitrogens with one attached hydrogen (secondary N) is 2. The molecule has 1 aliphatic carbocycles. The first kappa shape index (κ1) is 20.6. The fourth-order valence-electron chi connectivity index (χ4n) is 3.48. The van der Waals surface area contributed by atoms with Gasteiger partial charge in [0.2, 0.25) is 0 Å². The third kappa shape index (κ3) is 5.25. The highest BCUT2D eigenvalue weighted by molar-refractivity contribution is 5.94. The summed E-state index contributed by atoms with van der Waals surface area (Å²) in [4.78, 5) is 36.9. The van der Waals surface area contributed by atoms with Gasteiger partial charge in [0.1, 0.15) is 6.04 Å². The van der Waals surface area contributed by atoms with Crippen molar-refractivity contribution in [3.05, 3.63) is 59.5 Å². The summed E-state index contributed by atoms with van der Waals surface area (Å²) in [5.41, 5.74) is 2.35. The van der Waals surface area contributed by atoms with Gasteiger partial charge in [0.25, 0.3) is 11.8 Å². The molecule has 7 nitrogen and oxygen atoms in total. The first-order chi connectivity index (χ1) is 14.0. The third-order valence-electron chi connectivity index (χ3n) is 5.00. The summed E-state index contributed by atoms with van der Waals surface area (Å²) >= 11 is 0. The van der Waals surface area contributed by atoms with Crippen LogP contribution in [0.25, 0.3) is 0 Å². The molecule has 1 aliphatic rings. The van der Waals surface area contributed by atoms with Crippen LogP contribution in [0.2, 0.25) is 0 Å².